The molecule has 2 aromatic carbocycles. The van der Waals surface area contributed by atoms with Gasteiger partial charge in [-0.05, 0) is 28.8 Å². The smallest absolute Gasteiger partial charge is 0.193 e. The van der Waals surface area contributed by atoms with Crippen LogP contribution in [0, 0.1) is 0 Å². The van der Waals surface area contributed by atoms with Crippen LogP contribution in [0.4, 0.5) is 5.69 Å². The molecule has 0 amide bonds. The topological polar surface area (TPSA) is 78.1 Å². The van der Waals surface area contributed by atoms with E-state index in [1.54, 1.807) is 14.2 Å². The number of hydrogen-bond acceptors (Lipinski definition) is 4. The zero-order chi connectivity index (χ0) is 16.9. The van der Waals surface area contributed by atoms with E-state index in [1.165, 1.54) is 11.1 Å². The molecule has 0 spiro atoms. The predicted molar refractivity (Wildman–Crippen MR) is 93.4 cm³/mol. The summed E-state index contributed by atoms with van der Waals surface area (Å²) in [6.45, 7) is 1.88. The maximum atomic E-state index is 5.97. The Balaban J connectivity index is 1.66. The van der Waals surface area contributed by atoms with Gasteiger partial charge in [0.05, 0.1) is 34.0 Å². The Kier molecular flexibility index (Phi) is 4.86. The van der Waals surface area contributed by atoms with E-state index < -0.39 is 0 Å². The molecule has 24 heavy (non-hydrogen) atoms. The third-order valence-electron chi connectivity index (χ3n) is 3.87. The molecule has 0 radical (unpaired) electrons. The second kappa shape index (κ2) is 7.23. The molecule has 0 saturated heterocycles. The van der Waals surface area contributed by atoms with Gasteiger partial charge in [0.2, 0.25) is 0 Å². The fraction of sp³-hybridized carbons (Fsp3) is 0.278. The third kappa shape index (κ3) is 3.60. The summed E-state index contributed by atoms with van der Waals surface area (Å²) >= 11 is 0. The fourth-order valence-electron chi connectivity index (χ4n) is 2.60. The number of anilines is 1. The van der Waals surface area contributed by atoms with Crippen molar-refractivity contribution in [2.24, 2.45) is 10.7 Å². The number of ether oxygens (including phenoxy) is 3. The lowest BCUT2D eigenvalue weighted by Crippen LogP contribution is -2.22. The number of methoxy groups -OCH3 is 2. The van der Waals surface area contributed by atoms with E-state index in [-0.39, 0.29) is 0 Å². The molecule has 0 saturated carbocycles. The van der Waals surface area contributed by atoms with E-state index in [2.05, 4.69) is 28.5 Å². The zero-order valence-electron chi connectivity index (χ0n) is 13.8. The van der Waals surface area contributed by atoms with Crippen LogP contribution in [0.5, 0.6) is 11.5 Å². The van der Waals surface area contributed by atoms with Crippen molar-refractivity contribution in [1.29, 1.82) is 0 Å². The highest BCUT2D eigenvalue weighted by Crippen LogP contribution is 2.29. The third-order valence-corrected chi connectivity index (χ3v) is 3.87. The van der Waals surface area contributed by atoms with Crippen molar-refractivity contribution in [3.05, 3.63) is 53.1 Å². The number of fused-ring (bicyclic) bond motifs is 1. The maximum Gasteiger partial charge on any atom is 0.193 e. The number of hydrogen-bond donors (Lipinski definition) is 2. The quantitative estimate of drug-likeness (QED) is 0.652. The first-order valence-electron chi connectivity index (χ1n) is 7.67. The molecule has 2 aromatic rings. The summed E-state index contributed by atoms with van der Waals surface area (Å²) in [5.41, 5.74) is 10.3. The molecule has 0 bridgehead atoms. The van der Waals surface area contributed by atoms with Crippen molar-refractivity contribution in [1.82, 2.24) is 0 Å². The van der Waals surface area contributed by atoms with Gasteiger partial charge in [0.15, 0.2) is 17.5 Å². The summed E-state index contributed by atoms with van der Waals surface area (Å²) < 4.78 is 15.9. The second-order valence-electron chi connectivity index (χ2n) is 5.49. The molecule has 0 atom stereocenters. The number of nitrogens with one attached hydrogen (secondary N) is 1. The summed E-state index contributed by atoms with van der Waals surface area (Å²) in [5.74, 6) is 1.65. The molecule has 1 aliphatic rings. The first kappa shape index (κ1) is 16.1. The zero-order valence-corrected chi connectivity index (χ0v) is 13.8. The standard InChI is InChI=1S/C18H21N3O3/c1-22-16-6-5-15(8-17(16)23-2)21-18(19)20-9-12-3-4-13-10-24-11-14(13)7-12/h3-8H,9-11H2,1-2H3,(H3,19,20,21). The lowest BCUT2D eigenvalue weighted by molar-refractivity contribution is 0.134. The van der Waals surface area contributed by atoms with Crippen LogP contribution >= 0.6 is 0 Å². The van der Waals surface area contributed by atoms with Gasteiger partial charge < -0.3 is 25.3 Å². The lowest BCUT2D eigenvalue weighted by Gasteiger charge is -2.11. The first-order valence-corrected chi connectivity index (χ1v) is 7.67. The molecule has 6 heteroatoms. The normalized spacial score (nSPS) is 13.5. The van der Waals surface area contributed by atoms with Gasteiger partial charge >= 0.3 is 0 Å². The van der Waals surface area contributed by atoms with Crippen LogP contribution in [-0.2, 0) is 24.5 Å². The average molecular weight is 327 g/mol. The molecule has 126 valence electrons. The van der Waals surface area contributed by atoms with Gasteiger partial charge in [0.25, 0.3) is 0 Å². The van der Waals surface area contributed by atoms with Gasteiger partial charge in [0.1, 0.15) is 0 Å². The van der Waals surface area contributed by atoms with Gasteiger partial charge in [-0.25, -0.2) is 4.99 Å². The largest absolute Gasteiger partial charge is 0.493 e. The minimum atomic E-state index is 0.346. The van der Waals surface area contributed by atoms with Gasteiger partial charge in [-0.1, -0.05) is 18.2 Å². The van der Waals surface area contributed by atoms with Crippen molar-refractivity contribution in [3.8, 4) is 11.5 Å². The molecule has 0 fully saturated rings. The molecule has 3 rings (SSSR count). The molecular formula is C18H21N3O3. The Morgan fingerprint density at radius 1 is 1.08 bits per heavy atom. The Morgan fingerprint density at radius 2 is 1.88 bits per heavy atom. The van der Waals surface area contributed by atoms with Crippen LogP contribution in [0.2, 0.25) is 0 Å². The summed E-state index contributed by atoms with van der Waals surface area (Å²) in [6.07, 6.45) is 0. The van der Waals surface area contributed by atoms with Gasteiger partial charge in [-0.2, -0.15) is 0 Å². The molecule has 1 heterocycles. The van der Waals surface area contributed by atoms with Crippen LogP contribution in [0.15, 0.2) is 41.4 Å². The first-order chi connectivity index (χ1) is 11.7. The summed E-state index contributed by atoms with van der Waals surface area (Å²) in [6, 6.07) is 11.8. The molecule has 3 N–H and O–H groups in total. The highest BCUT2D eigenvalue weighted by atomic mass is 16.5. The summed E-state index contributed by atoms with van der Waals surface area (Å²) in [4.78, 5) is 4.38. The van der Waals surface area contributed by atoms with Crippen LogP contribution in [-0.4, -0.2) is 20.2 Å². The van der Waals surface area contributed by atoms with E-state index >= 15 is 0 Å². The monoisotopic (exact) mass is 327 g/mol. The van der Waals surface area contributed by atoms with Crippen LogP contribution < -0.4 is 20.5 Å². The predicted octanol–water partition coefficient (Wildman–Crippen LogP) is 2.66. The Morgan fingerprint density at radius 3 is 2.67 bits per heavy atom. The van der Waals surface area contributed by atoms with Crippen molar-refractivity contribution < 1.29 is 14.2 Å². The summed E-state index contributed by atoms with van der Waals surface area (Å²) in [7, 11) is 3.19. The van der Waals surface area contributed by atoms with E-state index in [0.29, 0.717) is 37.2 Å². The number of aliphatic imine (C=N–C) groups is 1. The van der Waals surface area contributed by atoms with E-state index in [0.717, 1.165) is 11.3 Å². The van der Waals surface area contributed by atoms with Crippen molar-refractivity contribution in [2.75, 3.05) is 19.5 Å². The van der Waals surface area contributed by atoms with E-state index in [4.69, 9.17) is 19.9 Å². The number of guanidine groups is 1. The van der Waals surface area contributed by atoms with Gasteiger partial charge in [-0.15, -0.1) is 0 Å². The van der Waals surface area contributed by atoms with Crippen LogP contribution in [0.3, 0.4) is 0 Å². The lowest BCUT2D eigenvalue weighted by atomic mass is 10.1. The molecular weight excluding hydrogens is 306 g/mol. The van der Waals surface area contributed by atoms with E-state index in [1.807, 2.05) is 18.2 Å². The minimum absolute atomic E-state index is 0.346. The van der Waals surface area contributed by atoms with Crippen molar-refractivity contribution in [3.63, 3.8) is 0 Å². The molecule has 0 unspecified atom stereocenters. The van der Waals surface area contributed by atoms with E-state index in [9.17, 15) is 0 Å². The van der Waals surface area contributed by atoms with Crippen LogP contribution in [0.1, 0.15) is 16.7 Å². The van der Waals surface area contributed by atoms with Crippen LogP contribution in [0.25, 0.3) is 0 Å². The Hall–Kier alpha value is -2.73. The molecule has 0 aromatic heterocycles. The second-order valence-corrected chi connectivity index (χ2v) is 5.49. The fourth-order valence-corrected chi connectivity index (χ4v) is 2.60. The number of nitrogens with zero attached hydrogens (tertiary/aromatic N) is 1. The summed E-state index contributed by atoms with van der Waals surface area (Å²) in [5, 5.41) is 3.06. The number of benzene rings is 2. The molecule has 0 aliphatic carbocycles. The van der Waals surface area contributed by atoms with Gasteiger partial charge in [-0.3, -0.25) is 0 Å². The maximum absolute atomic E-state index is 5.97. The van der Waals surface area contributed by atoms with Crippen molar-refractivity contribution in [2.45, 2.75) is 19.8 Å². The molecule has 6 nitrogen and oxygen atoms in total. The number of rotatable bonds is 5. The molecule has 1 aliphatic heterocycles. The van der Waals surface area contributed by atoms with Gasteiger partial charge in [0, 0.05) is 11.8 Å². The SMILES string of the molecule is COc1ccc(NC(N)=NCc2ccc3c(c2)COC3)cc1OC. The number of nitrogens with two attached hydrogens (primary N) is 1. The Labute approximate surface area is 141 Å². The minimum Gasteiger partial charge on any atom is -0.493 e. The highest BCUT2D eigenvalue weighted by molar-refractivity contribution is 5.92. The van der Waals surface area contributed by atoms with Crippen molar-refractivity contribution >= 4 is 11.6 Å². The Bertz CT molecular complexity index is 759. The average Bonchev–Trinajstić information content (AvgIpc) is 3.07. The highest BCUT2D eigenvalue weighted by Gasteiger charge is 2.11.